The number of hydrogen-bond acceptors (Lipinski definition) is 5. The molecule has 0 spiro atoms. The highest BCUT2D eigenvalue weighted by molar-refractivity contribution is 5.53. The Hall–Kier alpha value is -2.14. The molecule has 5 heteroatoms. The molecule has 1 aromatic carbocycles. The summed E-state index contributed by atoms with van der Waals surface area (Å²) in [5.41, 5.74) is 3.83. The Kier molecular flexibility index (Phi) is 4.10. The molecule has 0 N–H and O–H groups in total. The van der Waals surface area contributed by atoms with Crippen LogP contribution in [0.2, 0.25) is 0 Å². The van der Waals surface area contributed by atoms with Gasteiger partial charge in [0.15, 0.2) is 0 Å². The zero-order valence-corrected chi connectivity index (χ0v) is 14.4. The van der Waals surface area contributed by atoms with Crippen LogP contribution in [0, 0.1) is 0 Å². The maximum atomic E-state index is 5.41. The standard InChI is InChI=1S/C19H24N4O/c1-22-10-8-17-16(12-22)19(21-13-20-17)23-9-4-7-18(23)14-5-3-6-15(11-14)24-2/h3,5-6,11,13,18H,4,7-10,12H2,1-2H3/t18-/m0/s1. The summed E-state index contributed by atoms with van der Waals surface area (Å²) in [5, 5.41) is 0. The van der Waals surface area contributed by atoms with Gasteiger partial charge in [-0.3, -0.25) is 0 Å². The third kappa shape index (κ3) is 2.73. The van der Waals surface area contributed by atoms with Gasteiger partial charge >= 0.3 is 0 Å². The lowest BCUT2D eigenvalue weighted by Crippen LogP contribution is -2.32. The van der Waals surface area contributed by atoms with Crippen molar-refractivity contribution in [3.8, 4) is 5.75 Å². The van der Waals surface area contributed by atoms with Gasteiger partial charge in [0.25, 0.3) is 0 Å². The van der Waals surface area contributed by atoms with Gasteiger partial charge in [0.2, 0.25) is 0 Å². The van der Waals surface area contributed by atoms with Gasteiger partial charge in [0.1, 0.15) is 17.9 Å². The zero-order valence-electron chi connectivity index (χ0n) is 14.4. The van der Waals surface area contributed by atoms with Crippen LogP contribution in [0.3, 0.4) is 0 Å². The molecule has 0 radical (unpaired) electrons. The molecular formula is C19H24N4O. The Morgan fingerprint density at radius 2 is 2.12 bits per heavy atom. The third-order valence-electron chi connectivity index (χ3n) is 5.17. The van der Waals surface area contributed by atoms with Crippen LogP contribution in [0.25, 0.3) is 0 Å². The van der Waals surface area contributed by atoms with Crippen molar-refractivity contribution in [1.82, 2.24) is 14.9 Å². The van der Waals surface area contributed by atoms with Crippen LogP contribution in [-0.2, 0) is 13.0 Å². The normalized spacial score (nSPS) is 20.9. The summed E-state index contributed by atoms with van der Waals surface area (Å²) in [5.74, 6) is 2.04. The zero-order chi connectivity index (χ0) is 16.5. The highest BCUT2D eigenvalue weighted by Crippen LogP contribution is 2.38. The van der Waals surface area contributed by atoms with Crippen molar-refractivity contribution < 1.29 is 4.74 Å². The van der Waals surface area contributed by atoms with Crippen LogP contribution in [0.1, 0.15) is 35.7 Å². The summed E-state index contributed by atoms with van der Waals surface area (Å²) in [6.45, 7) is 3.06. The van der Waals surface area contributed by atoms with Gasteiger partial charge in [-0.1, -0.05) is 12.1 Å². The van der Waals surface area contributed by atoms with E-state index in [1.807, 2.05) is 6.07 Å². The Bertz CT molecular complexity index is 733. The maximum absolute atomic E-state index is 5.41. The van der Waals surface area contributed by atoms with E-state index in [0.717, 1.165) is 44.0 Å². The lowest BCUT2D eigenvalue weighted by molar-refractivity contribution is 0.309. The number of rotatable bonds is 3. The van der Waals surface area contributed by atoms with Crippen LogP contribution in [0.15, 0.2) is 30.6 Å². The molecule has 0 amide bonds. The van der Waals surface area contributed by atoms with Crippen LogP contribution >= 0.6 is 0 Å². The van der Waals surface area contributed by atoms with Crippen molar-refractivity contribution >= 4 is 5.82 Å². The van der Waals surface area contributed by atoms with Crippen molar-refractivity contribution in [2.24, 2.45) is 0 Å². The van der Waals surface area contributed by atoms with Gasteiger partial charge in [-0.25, -0.2) is 9.97 Å². The van der Waals surface area contributed by atoms with Crippen LogP contribution in [-0.4, -0.2) is 42.1 Å². The molecule has 2 aliphatic rings. The molecule has 24 heavy (non-hydrogen) atoms. The first-order valence-corrected chi connectivity index (χ1v) is 8.68. The molecule has 126 valence electrons. The fraction of sp³-hybridized carbons (Fsp3) is 0.474. The summed E-state index contributed by atoms with van der Waals surface area (Å²) in [4.78, 5) is 14.0. The van der Waals surface area contributed by atoms with Crippen molar-refractivity contribution in [2.75, 3.05) is 32.1 Å². The average molecular weight is 324 g/mol. The molecule has 3 heterocycles. The second-order valence-corrected chi connectivity index (χ2v) is 6.74. The first kappa shape index (κ1) is 15.4. The summed E-state index contributed by atoms with van der Waals surface area (Å²) in [6.07, 6.45) is 5.09. The van der Waals surface area contributed by atoms with Gasteiger partial charge in [-0.15, -0.1) is 0 Å². The van der Waals surface area contributed by atoms with Gasteiger partial charge in [0, 0.05) is 31.6 Å². The molecule has 1 aromatic heterocycles. The van der Waals surface area contributed by atoms with Crippen molar-refractivity contribution in [2.45, 2.75) is 31.8 Å². The molecule has 2 aromatic rings. The first-order valence-electron chi connectivity index (χ1n) is 8.68. The van der Waals surface area contributed by atoms with E-state index >= 15 is 0 Å². The van der Waals surface area contributed by atoms with Crippen LogP contribution < -0.4 is 9.64 Å². The number of anilines is 1. The second kappa shape index (κ2) is 6.40. The minimum Gasteiger partial charge on any atom is -0.497 e. The summed E-state index contributed by atoms with van der Waals surface area (Å²) < 4.78 is 5.41. The van der Waals surface area contributed by atoms with E-state index in [1.165, 1.54) is 23.2 Å². The Morgan fingerprint density at radius 3 is 3.00 bits per heavy atom. The lowest BCUT2D eigenvalue weighted by atomic mass is 10.0. The molecule has 0 aliphatic carbocycles. The van der Waals surface area contributed by atoms with E-state index in [2.05, 4.69) is 45.0 Å². The molecule has 1 fully saturated rings. The van der Waals surface area contributed by atoms with E-state index in [-0.39, 0.29) is 0 Å². The number of methoxy groups -OCH3 is 1. The molecule has 5 nitrogen and oxygen atoms in total. The average Bonchev–Trinajstić information content (AvgIpc) is 3.10. The molecule has 0 unspecified atom stereocenters. The van der Waals surface area contributed by atoms with Crippen molar-refractivity contribution in [1.29, 1.82) is 0 Å². The SMILES string of the molecule is COc1cccc([C@@H]2CCCN2c2ncnc3c2CN(C)CC3)c1. The number of nitrogens with zero attached hydrogens (tertiary/aromatic N) is 4. The second-order valence-electron chi connectivity index (χ2n) is 6.74. The highest BCUT2D eigenvalue weighted by Gasteiger charge is 2.31. The minimum absolute atomic E-state index is 0.367. The van der Waals surface area contributed by atoms with E-state index in [0.29, 0.717) is 6.04 Å². The molecule has 1 atom stereocenters. The largest absolute Gasteiger partial charge is 0.497 e. The van der Waals surface area contributed by atoms with E-state index in [9.17, 15) is 0 Å². The Balaban J connectivity index is 1.71. The van der Waals surface area contributed by atoms with Crippen molar-refractivity contribution in [3.63, 3.8) is 0 Å². The van der Waals surface area contributed by atoms with E-state index < -0.39 is 0 Å². The summed E-state index contributed by atoms with van der Waals surface area (Å²) >= 11 is 0. The number of hydrogen-bond donors (Lipinski definition) is 0. The number of aromatic nitrogens is 2. The van der Waals surface area contributed by atoms with E-state index in [4.69, 9.17) is 4.74 Å². The van der Waals surface area contributed by atoms with Gasteiger partial charge in [0.05, 0.1) is 18.8 Å². The maximum Gasteiger partial charge on any atom is 0.137 e. The Morgan fingerprint density at radius 1 is 1.21 bits per heavy atom. The number of fused-ring (bicyclic) bond motifs is 1. The molecule has 0 bridgehead atoms. The fourth-order valence-electron chi connectivity index (χ4n) is 3.92. The quantitative estimate of drug-likeness (QED) is 0.868. The Labute approximate surface area is 143 Å². The first-order chi connectivity index (χ1) is 11.8. The van der Waals surface area contributed by atoms with Crippen LogP contribution in [0.4, 0.5) is 5.82 Å². The third-order valence-corrected chi connectivity index (χ3v) is 5.17. The predicted octanol–water partition coefficient (Wildman–Crippen LogP) is 2.81. The topological polar surface area (TPSA) is 41.5 Å². The van der Waals surface area contributed by atoms with Gasteiger partial charge in [-0.05, 0) is 37.6 Å². The number of ether oxygens (including phenoxy) is 1. The molecule has 1 saturated heterocycles. The summed E-state index contributed by atoms with van der Waals surface area (Å²) in [6, 6.07) is 8.80. The predicted molar refractivity (Wildman–Crippen MR) is 94.4 cm³/mol. The number of benzene rings is 1. The summed E-state index contributed by atoms with van der Waals surface area (Å²) in [7, 11) is 3.89. The van der Waals surface area contributed by atoms with E-state index in [1.54, 1.807) is 13.4 Å². The lowest BCUT2D eigenvalue weighted by Gasteiger charge is -2.32. The molecule has 2 aliphatic heterocycles. The molecular weight excluding hydrogens is 300 g/mol. The van der Waals surface area contributed by atoms with Crippen LogP contribution in [0.5, 0.6) is 5.75 Å². The smallest absolute Gasteiger partial charge is 0.137 e. The van der Waals surface area contributed by atoms with Crippen molar-refractivity contribution in [3.05, 3.63) is 47.4 Å². The highest BCUT2D eigenvalue weighted by atomic mass is 16.5. The monoisotopic (exact) mass is 324 g/mol. The van der Waals surface area contributed by atoms with Gasteiger partial charge < -0.3 is 14.5 Å². The molecule has 4 rings (SSSR count). The fourth-order valence-corrected chi connectivity index (χ4v) is 3.92. The molecule has 0 saturated carbocycles. The minimum atomic E-state index is 0.367. The van der Waals surface area contributed by atoms with Gasteiger partial charge in [-0.2, -0.15) is 0 Å². The number of likely N-dealkylation sites (N-methyl/N-ethyl adjacent to an activating group) is 1.